The van der Waals surface area contributed by atoms with E-state index in [1.807, 2.05) is 37.3 Å². The van der Waals surface area contributed by atoms with E-state index in [0.29, 0.717) is 18.2 Å². The number of likely N-dealkylation sites (tertiary alicyclic amines) is 1. The van der Waals surface area contributed by atoms with Crippen LogP contribution in [-0.2, 0) is 0 Å². The van der Waals surface area contributed by atoms with Crippen LogP contribution in [0.15, 0.2) is 41.2 Å². The lowest BCUT2D eigenvalue weighted by atomic mass is 9.99. The van der Waals surface area contributed by atoms with Crippen LogP contribution in [0.4, 0.5) is 0 Å². The van der Waals surface area contributed by atoms with Gasteiger partial charge in [0.25, 0.3) is 5.91 Å². The Morgan fingerprint density at radius 2 is 2.07 bits per heavy atom. The topological polar surface area (TPSA) is 67.2 Å². The molecule has 1 N–H and O–H groups in total. The normalized spacial score (nSPS) is 18.9. The Hall–Kier alpha value is -2.47. The minimum Gasteiger partial charge on any atom is -0.349 e. The molecule has 1 aliphatic rings. The molecule has 0 bridgehead atoms. The van der Waals surface area contributed by atoms with E-state index in [-0.39, 0.29) is 17.2 Å². The van der Waals surface area contributed by atoms with E-state index in [4.69, 9.17) is 0 Å². The molecule has 0 aliphatic carbocycles. The van der Waals surface area contributed by atoms with Crippen LogP contribution in [0.2, 0.25) is 0 Å². The van der Waals surface area contributed by atoms with Crippen LogP contribution >= 0.6 is 0 Å². The van der Waals surface area contributed by atoms with Gasteiger partial charge >= 0.3 is 0 Å². The predicted octanol–water partition coefficient (Wildman–Crippen LogP) is 2.39. The van der Waals surface area contributed by atoms with E-state index in [0.717, 1.165) is 18.8 Å². The third kappa shape index (κ3) is 4.63. The molecular weight excluding hydrogens is 340 g/mol. The number of benzene rings is 1. The fraction of sp³-hybridized carbons (Fsp3) is 0.476. The summed E-state index contributed by atoms with van der Waals surface area (Å²) < 4.78 is 1.63. The number of hydrogen-bond acceptors (Lipinski definition) is 4. The number of carbonyl (C=O) groups is 1. The minimum atomic E-state index is -0.415. The number of aromatic nitrogens is 2. The van der Waals surface area contributed by atoms with Crippen LogP contribution in [0.1, 0.15) is 42.9 Å². The second kappa shape index (κ2) is 8.48. The van der Waals surface area contributed by atoms with Gasteiger partial charge in [-0.25, -0.2) is 4.68 Å². The first-order valence-electron chi connectivity index (χ1n) is 9.64. The molecule has 3 rings (SSSR count). The van der Waals surface area contributed by atoms with Crippen molar-refractivity contribution >= 4 is 5.91 Å². The van der Waals surface area contributed by atoms with E-state index in [2.05, 4.69) is 29.2 Å². The first kappa shape index (κ1) is 19.3. The van der Waals surface area contributed by atoms with Crippen LogP contribution in [0, 0.1) is 12.8 Å². The Bertz CT molecular complexity index is 847. The molecule has 0 saturated carbocycles. The number of carbonyl (C=O) groups excluding carboxylic acids is 1. The summed E-state index contributed by atoms with van der Waals surface area (Å²) in [6, 6.07) is 11.2. The monoisotopic (exact) mass is 368 g/mol. The largest absolute Gasteiger partial charge is 0.349 e. The average Bonchev–Trinajstić information content (AvgIpc) is 2.66. The number of rotatable bonds is 5. The molecule has 1 aliphatic heterocycles. The van der Waals surface area contributed by atoms with Gasteiger partial charge in [0.1, 0.15) is 0 Å². The summed E-state index contributed by atoms with van der Waals surface area (Å²) in [4.78, 5) is 27.3. The minimum absolute atomic E-state index is 0.0661. The number of amides is 1. The van der Waals surface area contributed by atoms with Crippen LogP contribution in [0.3, 0.4) is 0 Å². The van der Waals surface area contributed by atoms with Crippen molar-refractivity contribution in [2.75, 3.05) is 19.6 Å². The summed E-state index contributed by atoms with van der Waals surface area (Å²) in [5, 5.41) is 7.22. The molecule has 1 aromatic heterocycles. The lowest BCUT2D eigenvalue weighted by Gasteiger charge is -2.35. The Morgan fingerprint density at radius 1 is 1.33 bits per heavy atom. The summed E-state index contributed by atoms with van der Waals surface area (Å²) in [7, 11) is 0. The summed E-state index contributed by atoms with van der Waals surface area (Å²) >= 11 is 0. The van der Waals surface area contributed by atoms with Gasteiger partial charge in [-0.15, -0.1) is 0 Å². The zero-order valence-electron chi connectivity index (χ0n) is 16.3. The molecule has 6 heteroatoms. The van der Waals surface area contributed by atoms with Crippen molar-refractivity contribution in [1.29, 1.82) is 0 Å². The first-order valence-corrected chi connectivity index (χ1v) is 9.64. The molecule has 144 valence electrons. The van der Waals surface area contributed by atoms with Crippen molar-refractivity contribution in [3.8, 4) is 5.69 Å². The maximum Gasteiger partial charge on any atom is 0.275 e. The van der Waals surface area contributed by atoms with Crippen molar-refractivity contribution in [3.05, 3.63) is 58.0 Å². The Labute approximate surface area is 160 Å². The molecule has 1 saturated heterocycles. The lowest BCUT2D eigenvalue weighted by molar-refractivity contribution is 0.0910. The summed E-state index contributed by atoms with van der Waals surface area (Å²) in [5.74, 6) is 0.273. The Morgan fingerprint density at radius 3 is 2.78 bits per heavy atom. The number of nitrogens with one attached hydrogen (secondary N) is 1. The molecule has 2 heterocycles. The Kier molecular flexibility index (Phi) is 6.06. The molecule has 27 heavy (non-hydrogen) atoms. The summed E-state index contributed by atoms with van der Waals surface area (Å²) in [6.07, 6.45) is 2.46. The number of aryl methyl sites for hydroxylation is 1. The van der Waals surface area contributed by atoms with E-state index in [9.17, 15) is 9.59 Å². The van der Waals surface area contributed by atoms with Crippen molar-refractivity contribution < 1.29 is 4.79 Å². The summed E-state index contributed by atoms with van der Waals surface area (Å²) in [6.45, 7) is 8.81. The van der Waals surface area contributed by atoms with Crippen molar-refractivity contribution in [1.82, 2.24) is 20.0 Å². The van der Waals surface area contributed by atoms with Gasteiger partial charge in [-0.2, -0.15) is 5.10 Å². The first-order chi connectivity index (χ1) is 13.0. The number of piperidine rings is 1. The predicted molar refractivity (Wildman–Crippen MR) is 106 cm³/mol. The highest BCUT2D eigenvalue weighted by molar-refractivity contribution is 5.92. The second-order valence-corrected chi connectivity index (χ2v) is 7.55. The molecule has 1 fully saturated rings. The van der Waals surface area contributed by atoms with E-state index >= 15 is 0 Å². The molecule has 1 aromatic carbocycles. The fourth-order valence-corrected chi connectivity index (χ4v) is 3.61. The number of hydrogen-bond donors (Lipinski definition) is 1. The average molecular weight is 368 g/mol. The zero-order valence-corrected chi connectivity index (χ0v) is 16.3. The van der Waals surface area contributed by atoms with Crippen LogP contribution < -0.4 is 10.7 Å². The van der Waals surface area contributed by atoms with Gasteiger partial charge < -0.3 is 5.32 Å². The number of nitrogens with zero attached hydrogens (tertiary/aromatic N) is 3. The van der Waals surface area contributed by atoms with Gasteiger partial charge in [0, 0.05) is 30.9 Å². The smallest absolute Gasteiger partial charge is 0.275 e. The van der Waals surface area contributed by atoms with Crippen molar-refractivity contribution in [2.45, 2.75) is 39.7 Å². The molecule has 6 nitrogen and oxygen atoms in total. The highest BCUT2D eigenvalue weighted by Gasteiger charge is 2.22. The molecular formula is C21H28N4O2. The second-order valence-electron chi connectivity index (χ2n) is 7.55. The molecule has 2 unspecified atom stereocenters. The van der Waals surface area contributed by atoms with Gasteiger partial charge in [0.05, 0.1) is 5.69 Å². The zero-order chi connectivity index (χ0) is 19.4. The fourth-order valence-electron chi connectivity index (χ4n) is 3.61. The van der Waals surface area contributed by atoms with Crippen LogP contribution in [-0.4, -0.2) is 46.3 Å². The van der Waals surface area contributed by atoms with E-state index in [1.165, 1.54) is 18.9 Å². The Balaban J connectivity index is 1.72. The van der Waals surface area contributed by atoms with Crippen LogP contribution in [0.25, 0.3) is 5.69 Å². The van der Waals surface area contributed by atoms with Crippen molar-refractivity contribution in [3.63, 3.8) is 0 Å². The third-order valence-corrected chi connectivity index (χ3v) is 5.19. The van der Waals surface area contributed by atoms with Gasteiger partial charge in [-0.05, 0) is 51.3 Å². The molecule has 0 spiro atoms. The third-order valence-electron chi connectivity index (χ3n) is 5.19. The quantitative estimate of drug-likeness (QED) is 0.880. The highest BCUT2D eigenvalue weighted by Crippen LogP contribution is 2.17. The van der Waals surface area contributed by atoms with Gasteiger partial charge in [-0.3, -0.25) is 14.5 Å². The molecule has 1 amide bonds. The van der Waals surface area contributed by atoms with Gasteiger partial charge in [-0.1, -0.05) is 25.1 Å². The SMILES string of the molecule is Cc1cc(=O)c(C(=O)NCC(C)N2CCCC(C)C2)nn1-c1ccccc1. The van der Waals surface area contributed by atoms with Crippen molar-refractivity contribution in [2.24, 2.45) is 5.92 Å². The van der Waals surface area contributed by atoms with Gasteiger partial charge in [0.2, 0.25) is 5.43 Å². The maximum absolute atomic E-state index is 12.6. The molecule has 0 radical (unpaired) electrons. The molecule has 2 aromatic rings. The highest BCUT2D eigenvalue weighted by atomic mass is 16.2. The van der Waals surface area contributed by atoms with Gasteiger partial charge in [0.15, 0.2) is 5.69 Å². The van der Waals surface area contributed by atoms with E-state index in [1.54, 1.807) is 4.68 Å². The maximum atomic E-state index is 12.6. The summed E-state index contributed by atoms with van der Waals surface area (Å²) in [5.41, 5.74) is 1.10. The van der Waals surface area contributed by atoms with E-state index < -0.39 is 5.91 Å². The van der Waals surface area contributed by atoms with Crippen LogP contribution in [0.5, 0.6) is 0 Å². The molecule has 2 atom stereocenters. The lowest BCUT2D eigenvalue weighted by Crippen LogP contribution is -2.47. The standard InChI is InChI=1S/C21H28N4O2/c1-15-8-7-11-24(14-15)17(3)13-22-21(27)20-19(26)12-16(2)25(23-20)18-9-5-4-6-10-18/h4-6,9-10,12,15,17H,7-8,11,13-14H2,1-3H3,(H,22,27). The number of para-hydroxylation sites is 1.